The number of aryl methyl sites for hydroxylation is 1. The minimum Gasteiger partial charge on any atom is -0.490 e. The van der Waals surface area contributed by atoms with Crippen LogP contribution in [-0.2, 0) is 6.54 Å². The summed E-state index contributed by atoms with van der Waals surface area (Å²) in [5.41, 5.74) is 0.239. The van der Waals surface area contributed by atoms with Gasteiger partial charge in [0.25, 0.3) is 0 Å². The van der Waals surface area contributed by atoms with Crippen LogP contribution < -0.4 is 10.1 Å². The molecule has 0 spiro atoms. The summed E-state index contributed by atoms with van der Waals surface area (Å²) in [4.78, 5) is 0. The number of ether oxygens (including phenoxy) is 1. The minimum atomic E-state index is 0.239. The van der Waals surface area contributed by atoms with E-state index in [1.807, 2.05) is 10.9 Å². The normalized spacial score (nSPS) is 11.8. The van der Waals surface area contributed by atoms with Gasteiger partial charge in [-0.3, -0.25) is 4.68 Å². The lowest BCUT2D eigenvalue weighted by Gasteiger charge is -2.20. The van der Waals surface area contributed by atoms with E-state index in [-0.39, 0.29) is 5.54 Å². The van der Waals surface area contributed by atoms with Crippen LogP contribution in [0, 0.1) is 0 Å². The molecule has 0 saturated heterocycles. The number of unbranched alkanes of at least 4 members (excludes halogenated alkanes) is 3. The molecule has 0 saturated carbocycles. The van der Waals surface area contributed by atoms with E-state index in [9.17, 15) is 0 Å². The molecule has 19 heavy (non-hydrogen) atoms. The lowest BCUT2D eigenvalue weighted by Crippen LogP contribution is -2.36. The van der Waals surface area contributed by atoms with Crippen LogP contribution in [0.25, 0.3) is 0 Å². The molecule has 0 radical (unpaired) electrons. The fourth-order valence-corrected chi connectivity index (χ4v) is 1.83. The van der Waals surface area contributed by atoms with E-state index >= 15 is 0 Å². The highest BCUT2D eigenvalue weighted by atomic mass is 16.5. The summed E-state index contributed by atoms with van der Waals surface area (Å²) in [7, 11) is 0. The predicted molar refractivity (Wildman–Crippen MR) is 79.6 cm³/mol. The fraction of sp³-hybridized carbons (Fsp3) is 0.800. The molecule has 0 bridgehead atoms. The highest BCUT2D eigenvalue weighted by molar-refractivity contribution is 5.11. The summed E-state index contributed by atoms with van der Waals surface area (Å²) in [5, 5.41) is 7.69. The molecule has 4 nitrogen and oxygen atoms in total. The van der Waals surface area contributed by atoms with Crippen LogP contribution >= 0.6 is 0 Å². The van der Waals surface area contributed by atoms with Gasteiger partial charge in [-0.2, -0.15) is 5.10 Å². The van der Waals surface area contributed by atoms with E-state index in [0.29, 0.717) is 0 Å². The molecule has 1 rings (SSSR count). The van der Waals surface area contributed by atoms with Gasteiger partial charge in [-0.15, -0.1) is 0 Å². The topological polar surface area (TPSA) is 39.1 Å². The largest absolute Gasteiger partial charge is 0.490 e. The Morgan fingerprint density at radius 1 is 1.21 bits per heavy atom. The molecule has 1 N–H and O–H groups in total. The molecule has 0 fully saturated rings. The van der Waals surface area contributed by atoms with Crippen molar-refractivity contribution in [3.05, 3.63) is 12.4 Å². The van der Waals surface area contributed by atoms with Gasteiger partial charge >= 0.3 is 0 Å². The summed E-state index contributed by atoms with van der Waals surface area (Å²) >= 11 is 0. The second-order valence-electron chi connectivity index (χ2n) is 5.97. The van der Waals surface area contributed by atoms with Crippen molar-refractivity contribution < 1.29 is 4.74 Å². The van der Waals surface area contributed by atoms with Crippen molar-refractivity contribution in [2.24, 2.45) is 0 Å². The summed E-state index contributed by atoms with van der Waals surface area (Å²) in [6, 6.07) is 0. The standard InChI is InChI=1S/C15H29N3O/c1-5-18-13-14(12-17-18)19-11-9-7-6-8-10-16-15(2,3)4/h12-13,16H,5-11H2,1-4H3. The highest BCUT2D eigenvalue weighted by Crippen LogP contribution is 2.09. The number of rotatable bonds is 9. The van der Waals surface area contributed by atoms with Crippen molar-refractivity contribution in [3.63, 3.8) is 0 Å². The second-order valence-corrected chi connectivity index (χ2v) is 5.97. The zero-order valence-electron chi connectivity index (χ0n) is 12.9. The van der Waals surface area contributed by atoms with Crippen molar-refractivity contribution in [3.8, 4) is 5.75 Å². The monoisotopic (exact) mass is 267 g/mol. The SMILES string of the molecule is CCn1cc(OCCCCCCNC(C)(C)C)cn1. The number of nitrogens with one attached hydrogen (secondary N) is 1. The van der Waals surface area contributed by atoms with Crippen LogP contribution in [0.1, 0.15) is 53.4 Å². The average Bonchev–Trinajstić information content (AvgIpc) is 2.79. The number of nitrogens with zero attached hydrogens (tertiary/aromatic N) is 2. The molecule has 0 aliphatic rings. The Morgan fingerprint density at radius 2 is 1.95 bits per heavy atom. The molecule has 0 aliphatic carbocycles. The maximum atomic E-state index is 5.65. The summed E-state index contributed by atoms with van der Waals surface area (Å²) in [6.45, 7) is 11.5. The first-order valence-corrected chi connectivity index (χ1v) is 7.41. The third-order valence-electron chi connectivity index (χ3n) is 2.93. The van der Waals surface area contributed by atoms with Gasteiger partial charge in [0.1, 0.15) is 0 Å². The van der Waals surface area contributed by atoms with Gasteiger partial charge in [0.2, 0.25) is 0 Å². The minimum absolute atomic E-state index is 0.239. The van der Waals surface area contributed by atoms with Gasteiger partial charge in [0.15, 0.2) is 5.75 Å². The van der Waals surface area contributed by atoms with Crippen LogP contribution in [0.4, 0.5) is 0 Å². The van der Waals surface area contributed by atoms with Gasteiger partial charge in [-0.05, 0) is 47.1 Å². The molecule has 1 aromatic rings. The van der Waals surface area contributed by atoms with E-state index in [0.717, 1.165) is 31.9 Å². The summed E-state index contributed by atoms with van der Waals surface area (Å²) in [6.07, 6.45) is 8.59. The molecule has 0 aliphatic heterocycles. The second kappa shape index (κ2) is 8.20. The van der Waals surface area contributed by atoms with E-state index < -0.39 is 0 Å². The molecule has 4 heteroatoms. The lowest BCUT2D eigenvalue weighted by molar-refractivity contribution is 0.303. The molecular weight excluding hydrogens is 238 g/mol. The number of hydrogen-bond donors (Lipinski definition) is 1. The molecule has 0 aromatic carbocycles. The Balaban J connectivity index is 1.94. The smallest absolute Gasteiger partial charge is 0.157 e. The van der Waals surface area contributed by atoms with Gasteiger partial charge in [-0.1, -0.05) is 12.8 Å². The van der Waals surface area contributed by atoms with Gasteiger partial charge in [-0.25, -0.2) is 0 Å². The summed E-state index contributed by atoms with van der Waals surface area (Å²) < 4.78 is 7.53. The zero-order chi connectivity index (χ0) is 14.1. The highest BCUT2D eigenvalue weighted by Gasteiger charge is 2.06. The van der Waals surface area contributed by atoms with Crippen LogP contribution in [0.2, 0.25) is 0 Å². The van der Waals surface area contributed by atoms with Crippen molar-refractivity contribution in [2.45, 2.75) is 65.5 Å². The number of hydrogen-bond acceptors (Lipinski definition) is 3. The first-order chi connectivity index (χ1) is 9.01. The van der Waals surface area contributed by atoms with Crippen LogP contribution in [-0.4, -0.2) is 28.5 Å². The maximum absolute atomic E-state index is 5.65. The van der Waals surface area contributed by atoms with Gasteiger partial charge in [0.05, 0.1) is 19.0 Å². The quantitative estimate of drug-likeness (QED) is 0.698. The van der Waals surface area contributed by atoms with Crippen molar-refractivity contribution in [2.75, 3.05) is 13.2 Å². The third kappa shape index (κ3) is 7.88. The molecule has 0 unspecified atom stereocenters. The van der Waals surface area contributed by atoms with Crippen LogP contribution in [0.3, 0.4) is 0 Å². The number of aromatic nitrogens is 2. The first kappa shape index (κ1) is 16.0. The molecule has 0 atom stereocenters. The van der Waals surface area contributed by atoms with Crippen LogP contribution in [0.5, 0.6) is 5.75 Å². The van der Waals surface area contributed by atoms with Crippen molar-refractivity contribution >= 4 is 0 Å². The molecule has 1 aromatic heterocycles. The van der Waals surface area contributed by atoms with E-state index in [1.54, 1.807) is 6.20 Å². The Morgan fingerprint density at radius 3 is 2.58 bits per heavy atom. The van der Waals surface area contributed by atoms with E-state index in [1.165, 1.54) is 19.3 Å². The molecular formula is C15H29N3O. The van der Waals surface area contributed by atoms with Crippen molar-refractivity contribution in [1.29, 1.82) is 0 Å². The average molecular weight is 267 g/mol. The fourth-order valence-electron chi connectivity index (χ4n) is 1.83. The Hall–Kier alpha value is -1.03. The molecule has 0 amide bonds. The van der Waals surface area contributed by atoms with E-state index in [2.05, 4.69) is 38.1 Å². The zero-order valence-corrected chi connectivity index (χ0v) is 12.9. The van der Waals surface area contributed by atoms with Crippen molar-refractivity contribution in [1.82, 2.24) is 15.1 Å². The lowest BCUT2D eigenvalue weighted by atomic mass is 10.1. The van der Waals surface area contributed by atoms with Gasteiger partial charge < -0.3 is 10.1 Å². The summed E-state index contributed by atoms with van der Waals surface area (Å²) in [5.74, 6) is 0.885. The first-order valence-electron chi connectivity index (χ1n) is 7.41. The maximum Gasteiger partial charge on any atom is 0.157 e. The van der Waals surface area contributed by atoms with Gasteiger partial charge in [0, 0.05) is 12.1 Å². The Labute approximate surface area is 117 Å². The molecule has 110 valence electrons. The van der Waals surface area contributed by atoms with Crippen LogP contribution in [0.15, 0.2) is 12.4 Å². The third-order valence-corrected chi connectivity index (χ3v) is 2.93. The molecule has 1 heterocycles. The Bertz CT molecular complexity index is 341. The Kier molecular flexibility index (Phi) is 6.92. The van der Waals surface area contributed by atoms with E-state index in [4.69, 9.17) is 4.74 Å². The predicted octanol–water partition coefficient (Wildman–Crippen LogP) is 3.23.